The minimum Gasteiger partial charge on any atom is -0.312 e. The summed E-state index contributed by atoms with van der Waals surface area (Å²) in [5, 5.41) is 3.74. The molecular formula is C15H31N3. The SMILES string of the molecule is CCCN1CCN(CC2NCCCC2(C)C)CC1. The number of piperidine rings is 1. The van der Waals surface area contributed by atoms with Crippen LogP contribution in [0.1, 0.15) is 40.0 Å². The molecule has 2 fully saturated rings. The van der Waals surface area contributed by atoms with Crippen molar-refractivity contribution in [1.29, 1.82) is 0 Å². The third kappa shape index (κ3) is 3.69. The Kier molecular flexibility index (Phi) is 5.05. The molecule has 0 saturated carbocycles. The lowest BCUT2D eigenvalue weighted by Crippen LogP contribution is -2.56. The maximum atomic E-state index is 3.74. The average molecular weight is 253 g/mol. The van der Waals surface area contributed by atoms with Gasteiger partial charge in [0.15, 0.2) is 0 Å². The van der Waals surface area contributed by atoms with Crippen LogP contribution in [0.15, 0.2) is 0 Å². The quantitative estimate of drug-likeness (QED) is 0.824. The van der Waals surface area contributed by atoms with Crippen molar-refractivity contribution in [2.24, 2.45) is 5.41 Å². The molecule has 0 bridgehead atoms. The van der Waals surface area contributed by atoms with Crippen LogP contribution in [0, 0.1) is 5.41 Å². The van der Waals surface area contributed by atoms with E-state index in [0.29, 0.717) is 11.5 Å². The lowest BCUT2D eigenvalue weighted by atomic mass is 9.77. The number of rotatable bonds is 4. The zero-order valence-corrected chi connectivity index (χ0v) is 12.5. The molecule has 2 rings (SSSR count). The van der Waals surface area contributed by atoms with Gasteiger partial charge >= 0.3 is 0 Å². The normalized spacial score (nSPS) is 30.5. The van der Waals surface area contributed by atoms with Crippen molar-refractivity contribution in [1.82, 2.24) is 15.1 Å². The smallest absolute Gasteiger partial charge is 0.0246 e. The summed E-state index contributed by atoms with van der Waals surface area (Å²) >= 11 is 0. The molecule has 2 saturated heterocycles. The Hall–Kier alpha value is -0.120. The second kappa shape index (κ2) is 6.36. The molecule has 1 N–H and O–H groups in total. The molecule has 0 amide bonds. The summed E-state index contributed by atoms with van der Waals surface area (Å²) in [4.78, 5) is 5.27. The molecular weight excluding hydrogens is 222 g/mol. The molecule has 1 atom stereocenters. The first-order chi connectivity index (χ1) is 8.62. The second-order valence-corrected chi connectivity index (χ2v) is 6.74. The Morgan fingerprint density at radius 1 is 1.11 bits per heavy atom. The number of hydrogen-bond acceptors (Lipinski definition) is 3. The van der Waals surface area contributed by atoms with Crippen LogP contribution in [0.2, 0.25) is 0 Å². The van der Waals surface area contributed by atoms with E-state index in [9.17, 15) is 0 Å². The molecule has 3 heteroatoms. The van der Waals surface area contributed by atoms with Crippen molar-refractivity contribution in [3.8, 4) is 0 Å². The minimum atomic E-state index is 0.471. The van der Waals surface area contributed by atoms with E-state index in [1.54, 1.807) is 0 Å². The summed E-state index contributed by atoms with van der Waals surface area (Å²) in [6, 6.07) is 0.684. The number of hydrogen-bond donors (Lipinski definition) is 1. The van der Waals surface area contributed by atoms with Gasteiger partial charge in [-0.1, -0.05) is 20.8 Å². The molecule has 0 aromatic heterocycles. The van der Waals surface area contributed by atoms with E-state index < -0.39 is 0 Å². The van der Waals surface area contributed by atoms with Crippen LogP contribution in [0.4, 0.5) is 0 Å². The molecule has 0 aliphatic carbocycles. The fourth-order valence-electron chi connectivity index (χ4n) is 3.35. The van der Waals surface area contributed by atoms with Gasteiger partial charge in [0.1, 0.15) is 0 Å². The highest BCUT2D eigenvalue weighted by atomic mass is 15.3. The largest absolute Gasteiger partial charge is 0.312 e. The fourth-order valence-corrected chi connectivity index (χ4v) is 3.35. The molecule has 0 aromatic carbocycles. The summed E-state index contributed by atoms with van der Waals surface area (Å²) < 4.78 is 0. The first-order valence-electron chi connectivity index (χ1n) is 7.80. The Morgan fingerprint density at radius 2 is 1.78 bits per heavy atom. The Labute approximate surface area is 113 Å². The van der Waals surface area contributed by atoms with Gasteiger partial charge in [-0.05, 0) is 37.8 Å². The highest BCUT2D eigenvalue weighted by Crippen LogP contribution is 2.30. The summed E-state index contributed by atoms with van der Waals surface area (Å²) in [6.07, 6.45) is 4.01. The molecule has 2 aliphatic heterocycles. The Balaban J connectivity index is 1.77. The van der Waals surface area contributed by atoms with E-state index in [2.05, 4.69) is 35.9 Å². The maximum Gasteiger partial charge on any atom is 0.0246 e. The Bertz CT molecular complexity index is 244. The molecule has 2 heterocycles. The van der Waals surface area contributed by atoms with Gasteiger partial charge in [-0.25, -0.2) is 0 Å². The zero-order valence-electron chi connectivity index (χ0n) is 12.5. The van der Waals surface area contributed by atoms with E-state index in [-0.39, 0.29) is 0 Å². The molecule has 3 nitrogen and oxygen atoms in total. The number of nitrogens with one attached hydrogen (secondary N) is 1. The number of nitrogens with zero attached hydrogens (tertiary/aromatic N) is 2. The summed E-state index contributed by atoms with van der Waals surface area (Å²) in [6.45, 7) is 15.9. The molecule has 0 radical (unpaired) electrons. The predicted octanol–water partition coefficient (Wildman–Crippen LogP) is 1.79. The van der Waals surface area contributed by atoms with E-state index >= 15 is 0 Å². The molecule has 2 aliphatic rings. The third-order valence-corrected chi connectivity index (χ3v) is 4.78. The van der Waals surface area contributed by atoms with Gasteiger partial charge in [0.25, 0.3) is 0 Å². The first-order valence-corrected chi connectivity index (χ1v) is 7.80. The molecule has 1 unspecified atom stereocenters. The predicted molar refractivity (Wildman–Crippen MR) is 78.0 cm³/mol. The van der Waals surface area contributed by atoms with Crippen molar-refractivity contribution in [3.05, 3.63) is 0 Å². The number of piperazine rings is 1. The van der Waals surface area contributed by atoms with E-state index in [1.165, 1.54) is 65.1 Å². The first kappa shape index (κ1) is 14.3. The van der Waals surface area contributed by atoms with E-state index in [4.69, 9.17) is 0 Å². The van der Waals surface area contributed by atoms with E-state index in [1.807, 2.05) is 0 Å². The van der Waals surface area contributed by atoms with Gasteiger partial charge < -0.3 is 10.2 Å². The third-order valence-electron chi connectivity index (χ3n) is 4.78. The fraction of sp³-hybridized carbons (Fsp3) is 1.00. The molecule has 0 spiro atoms. The van der Waals surface area contributed by atoms with Crippen LogP contribution in [-0.2, 0) is 0 Å². The van der Waals surface area contributed by atoms with Crippen LogP contribution in [-0.4, -0.2) is 61.7 Å². The monoisotopic (exact) mass is 253 g/mol. The van der Waals surface area contributed by atoms with Gasteiger partial charge in [0, 0.05) is 38.8 Å². The average Bonchev–Trinajstić information content (AvgIpc) is 2.34. The van der Waals surface area contributed by atoms with Crippen molar-refractivity contribution < 1.29 is 0 Å². The van der Waals surface area contributed by atoms with Crippen LogP contribution < -0.4 is 5.32 Å². The van der Waals surface area contributed by atoms with Crippen molar-refractivity contribution in [2.75, 3.05) is 45.8 Å². The molecule has 106 valence electrons. The summed E-state index contributed by atoms with van der Waals surface area (Å²) in [5.74, 6) is 0. The molecule has 0 aromatic rings. The molecule has 18 heavy (non-hydrogen) atoms. The summed E-state index contributed by atoms with van der Waals surface area (Å²) in [7, 11) is 0. The van der Waals surface area contributed by atoms with Gasteiger partial charge in [0.2, 0.25) is 0 Å². The van der Waals surface area contributed by atoms with E-state index in [0.717, 1.165) is 0 Å². The van der Waals surface area contributed by atoms with Crippen LogP contribution in [0.5, 0.6) is 0 Å². The standard InChI is InChI=1S/C15H31N3/c1-4-8-17-9-11-18(12-10-17)13-14-15(2,3)6-5-7-16-14/h14,16H,4-13H2,1-3H3. The van der Waals surface area contributed by atoms with Crippen LogP contribution in [0.25, 0.3) is 0 Å². The second-order valence-electron chi connectivity index (χ2n) is 6.74. The van der Waals surface area contributed by atoms with Crippen molar-refractivity contribution in [2.45, 2.75) is 46.1 Å². The zero-order chi connectivity index (χ0) is 13.0. The van der Waals surface area contributed by atoms with Crippen LogP contribution in [0.3, 0.4) is 0 Å². The van der Waals surface area contributed by atoms with Crippen molar-refractivity contribution in [3.63, 3.8) is 0 Å². The topological polar surface area (TPSA) is 18.5 Å². The lowest BCUT2D eigenvalue weighted by molar-refractivity contribution is 0.0842. The Morgan fingerprint density at radius 3 is 2.39 bits per heavy atom. The van der Waals surface area contributed by atoms with Gasteiger partial charge in [-0.2, -0.15) is 0 Å². The van der Waals surface area contributed by atoms with Gasteiger partial charge in [-0.15, -0.1) is 0 Å². The maximum absolute atomic E-state index is 3.74. The van der Waals surface area contributed by atoms with Crippen LogP contribution >= 0.6 is 0 Å². The highest BCUT2D eigenvalue weighted by molar-refractivity contribution is 4.91. The highest BCUT2D eigenvalue weighted by Gasteiger charge is 2.33. The lowest BCUT2D eigenvalue weighted by Gasteiger charge is -2.44. The minimum absolute atomic E-state index is 0.471. The van der Waals surface area contributed by atoms with Gasteiger partial charge in [0.05, 0.1) is 0 Å². The van der Waals surface area contributed by atoms with Gasteiger partial charge in [-0.3, -0.25) is 4.90 Å². The van der Waals surface area contributed by atoms with Crippen molar-refractivity contribution >= 4 is 0 Å². The summed E-state index contributed by atoms with van der Waals surface area (Å²) in [5.41, 5.74) is 0.471.